The smallest absolute Gasteiger partial charge is 0.307 e. The molecule has 0 aliphatic rings. The molecule has 0 saturated carbocycles. The second-order valence-corrected chi connectivity index (χ2v) is 3.58. The number of nitro groups is 1. The maximum absolute atomic E-state index is 11.5. The first-order valence-electron chi connectivity index (χ1n) is 4.98. The van der Waals surface area contributed by atoms with Crippen LogP contribution < -0.4 is 5.32 Å². The Morgan fingerprint density at radius 3 is 3.00 bits per heavy atom. The molecule has 0 aromatic carbocycles. The maximum Gasteiger partial charge on any atom is 0.307 e. The molecule has 8 heteroatoms. The van der Waals surface area contributed by atoms with Gasteiger partial charge in [0, 0.05) is 13.2 Å². The first kappa shape index (κ1) is 13.1. The van der Waals surface area contributed by atoms with Crippen molar-refractivity contribution in [3.8, 4) is 0 Å². The molecule has 1 heterocycles. The number of amides is 1. The fourth-order valence-electron chi connectivity index (χ4n) is 1.29. The van der Waals surface area contributed by atoms with Crippen LogP contribution in [0, 0.1) is 10.1 Å². The number of rotatable bonds is 6. The van der Waals surface area contributed by atoms with Crippen LogP contribution in [-0.2, 0) is 16.1 Å². The Kier molecular flexibility index (Phi) is 4.58. The number of nitrogens with one attached hydrogen (secondary N) is 1. The number of methoxy groups -OCH3 is 1. The largest absolute Gasteiger partial charge is 0.383 e. The van der Waals surface area contributed by atoms with Gasteiger partial charge in [-0.2, -0.15) is 5.10 Å². The van der Waals surface area contributed by atoms with E-state index in [2.05, 4.69) is 10.4 Å². The number of carbonyl (C=O) groups excluding carboxylic acids is 1. The topological polar surface area (TPSA) is 99.3 Å². The first-order chi connectivity index (χ1) is 8.02. The lowest BCUT2D eigenvalue weighted by Crippen LogP contribution is -2.37. The van der Waals surface area contributed by atoms with Gasteiger partial charge in [0.05, 0.1) is 11.5 Å². The van der Waals surface area contributed by atoms with Gasteiger partial charge in [-0.05, 0) is 6.92 Å². The lowest BCUT2D eigenvalue weighted by molar-refractivity contribution is -0.385. The van der Waals surface area contributed by atoms with Crippen LogP contribution in [0.25, 0.3) is 0 Å². The van der Waals surface area contributed by atoms with Crippen molar-refractivity contribution in [2.45, 2.75) is 19.5 Å². The Morgan fingerprint density at radius 2 is 2.47 bits per heavy atom. The van der Waals surface area contributed by atoms with Gasteiger partial charge in [0.15, 0.2) is 0 Å². The van der Waals surface area contributed by atoms with E-state index in [4.69, 9.17) is 4.74 Å². The molecule has 1 atom stereocenters. The van der Waals surface area contributed by atoms with Gasteiger partial charge in [0.1, 0.15) is 18.9 Å². The fourth-order valence-corrected chi connectivity index (χ4v) is 1.29. The van der Waals surface area contributed by atoms with Crippen LogP contribution in [-0.4, -0.2) is 40.4 Å². The Bertz CT molecular complexity index is 403. The standard InChI is InChI=1S/C9H14N4O4/c1-7(6-17-2)11-9(14)5-12-4-8(3-10-12)13(15)16/h3-4,7H,5-6H2,1-2H3,(H,11,14). The molecule has 1 aromatic rings. The first-order valence-corrected chi connectivity index (χ1v) is 4.98. The molecule has 0 aliphatic heterocycles. The highest BCUT2D eigenvalue weighted by molar-refractivity contribution is 5.75. The lowest BCUT2D eigenvalue weighted by atomic mass is 10.3. The van der Waals surface area contributed by atoms with Crippen molar-refractivity contribution in [2.75, 3.05) is 13.7 Å². The molecule has 0 spiro atoms. The Balaban J connectivity index is 2.47. The van der Waals surface area contributed by atoms with Crippen LogP contribution in [0.2, 0.25) is 0 Å². The minimum absolute atomic E-state index is 0.0537. The predicted molar refractivity (Wildman–Crippen MR) is 58.4 cm³/mol. The van der Waals surface area contributed by atoms with E-state index in [1.54, 1.807) is 14.0 Å². The summed E-state index contributed by atoms with van der Waals surface area (Å²) in [6.45, 7) is 2.15. The molecule has 0 saturated heterocycles. The van der Waals surface area contributed by atoms with Crippen LogP contribution in [0.4, 0.5) is 5.69 Å². The monoisotopic (exact) mass is 242 g/mol. The number of ether oxygens (including phenoxy) is 1. The SMILES string of the molecule is COCC(C)NC(=O)Cn1cc([N+](=O)[O-])cn1. The third kappa shape index (κ3) is 4.19. The normalized spacial score (nSPS) is 12.1. The van der Waals surface area contributed by atoms with Gasteiger partial charge in [0.25, 0.3) is 0 Å². The van der Waals surface area contributed by atoms with Gasteiger partial charge in [-0.3, -0.25) is 19.6 Å². The zero-order valence-corrected chi connectivity index (χ0v) is 9.62. The summed E-state index contributed by atoms with van der Waals surface area (Å²) in [6.07, 6.45) is 2.31. The highest BCUT2D eigenvalue weighted by atomic mass is 16.6. The second-order valence-electron chi connectivity index (χ2n) is 3.58. The molecule has 1 N–H and O–H groups in total. The molecule has 1 aromatic heterocycles. The van der Waals surface area contributed by atoms with Crippen LogP contribution >= 0.6 is 0 Å². The van der Waals surface area contributed by atoms with Crippen molar-refractivity contribution < 1.29 is 14.5 Å². The van der Waals surface area contributed by atoms with E-state index in [-0.39, 0.29) is 24.2 Å². The molecule has 0 bridgehead atoms. The molecular formula is C9H14N4O4. The molecule has 0 radical (unpaired) electrons. The van der Waals surface area contributed by atoms with Crippen LogP contribution in [0.5, 0.6) is 0 Å². The zero-order chi connectivity index (χ0) is 12.8. The summed E-state index contributed by atoms with van der Waals surface area (Å²) in [5.74, 6) is -0.271. The maximum atomic E-state index is 11.5. The molecule has 8 nitrogen and oxygen atoms in total. The summed E-state index contributed by atoms with van der Waals surface area (Å²) in [6, 6.07) is -0.113. The summed E-state index contributed by atoms with van der Waals surface area (Å²) in [5.41, 5.74) is -0.136. The predicted octanol–water partition coefficient (Wildman–Crippen LogP) is -0.0576. The van der Waals surface area contributed by atoms with Crippen molar-refractivity contribution in [2.24, 2.45) is 0 Å². The highest BCUT2D eigenvalue weighted by Gasteiger charge is 2.12. The van der Waals surface area contributed by atoms with Gasteiger partial charge >= 0.3 is 5.69 Å². The van der Waals surface area contributed by atoms with Gasteiger partial charge in [0.2, 0.25) is 5.91 Å². The molecule has 17 heavy (non-hydrogen) atoms. The zero-order valence-electron chi connectivity index (χ0n) is 9.62. The van der Waals surface area contributed by atoms with Crippen molar-refractivity contribution in [3.05, 3.63) is 22.5 Å². The van der Waals surface area contributed by atoms with E-state index in [1.165, 1.54) is 10.9 Å². The van der Waals surface area contributed by atoms with E-state index in [1.807, 2.05) is 0 Å². The molecule has 0 fully saturated rings. The van der Waals surface area contributed by atoms with Gasteiger partial charge in [-0.25, -0.2) is 0 Å². The Hall–Kier alpha value is -1.96. The number of carbonyl (C=O) groups is 1. The minimum Gasteiger partial charge on any atom is -0.383 e. The molecule has 1 unspecified atom stereocenters. The summed E-state index contributed by atoms with van der Waals surface area (Å²) >= 11 is 0. The van der Waals surface area contributed by atoms with Crippen LogP contribution in [0.3, 0.4) is 0 Å². The Labute approximate surface area is 97.7 Å². The van der Waals surface area contributed by atoms with Crippen molar-refractivity contribution >= 4 is 11.6 Å². The molecule has 1 amide bonds. The minimum atomic E-state index is -0.561. The van der Waals surface area contributed by atoms with E-state index in [0.717, 1.165) is 6.20 Å². The van der Waals surface area contributed by atoms with Crippen LogP contribution in [0.1, 0.15) is 6.92 Å². The fraction of sp³-hybridized carbons (Fsp3) is 0.556. The summed E-state index contributed by atoms with van der Waals surface area (Å²) in [4.78, 5) is 21.3. The number of aromatic nitrogens is 2. The van der Waals surface area contributed by atoms with E-state index in [0.29, 0.717) is 6.61 Å². The molecule has 0 aliphatic carbocycles. The quantitative estimate of drug-likeness (QED) is 0.556. The van der Waals surface area contributed by atoms with Gasteiger partial charge in [-0.1, -0.05) is 0 Å². The van der Waals surface area contributed by atoms with Gasteiger partial charge < -0.3 is 10.1 Å². The van der Waals surface area contributed by atoms with E-state index >= 15 is 0 Å². The molecular weight excluding hydrogens is 228 g/mol. The lowest BCUT2D eigenvalue weighted by Gasteiger charge is -2.12. The number of nitrogens with zero attached hydrogens (tertiary/aromatic N) is 3. The van der Waals surface area contributed by atoms with Gasteiger partial charge in [-0.15, -0.1) is 0 Å². The average molecular weight is 242 g/mol. The van der Waals surface area contributed by atoms with Crippen molar-refractivity contribution in [1.82, 2.24) is 15.1 Å². The van der Waals surface area contributed by atoms with Crippen LogP contribution in [0.15, 0.2) is 12.4 Å². The third-order valence-electron chi connectivity index (χ3n) is 1.96. The summed E-state index contributed by atoms with van der Waals surface area (Å²) in [7, 11) is 1.54. The summed E-state index contributed by atoms with van der Waals surface area (Å²) in [5, 5.41) is 16.8. The average Bonchev–Trinajstić information content (AvgIpc) is 2.66. The summed E-state index contributed by atoms with van der Waals surface area (Å²) < 4.78 is 6.08. The van der Waals surface area contributed by atoms with Crippen molar-refractivity contribution in [3.63, 3.8) is 0 Å². The second kappa shape index (κ2) is 5.94. The Morgan fingerprint density at radius 1 is 1.76 bits per heavy atom. The van der Waals surface area contributed by atoms with E-state index < -0.39 is 4.92 Å². The third-order valence-corrected chi connectivity index (χ3v) is 1.96. The van der Waals surface area contributed by atoms with E-state index in [9.17, 15) is 14.9 Å². The molecule has 1 rings (SSSR count). The molecule has 94 valence electrons. The highest BCUT2D eigenvalue weighted by Crippen LogP contribution is 2.07. The number of hydrogen-bond acceptors (Lipinski definition) is 5. The number of hydrogen-bond donors (Lipinski definition) is 1. The van der Waals surface area contributed by atoms with Crippen molar-refractivity contribution in [1.29, 1.82) is 0 Å².